The minimum Gasteiger partial charge on any atom is -0.506 e. The van der Waals surface area contributed by atoms with Crippen LogP contribution in [0.4, 0.5) is 10.2 Å². The number of hydrogen-bond acceptors (Lipinski definition) is 4. The standard InChI is InChI=1S/C16H15FN4O/c1-9-3-6-13(14(22)7-9)21-16(18)15(19-20-21)11-4-5-12(17)10(2)8-11/h3-8,22H,18H2,1-2H3. The molecule has 0 saturated heterocycles. The second kappa shape index (κ2) is 5.14. The molecule has 0 aliphatic heterocycles. The molecule has 0 unspecified atom stereocenters. The van der Waals surface area contributed by atoms with Crippen LogP contribution < -0.4 is 5.73 Å². The van der Waals surface area contributed by atoms with Crippen LogP contribution in [0.15, 0.2) is 36.4 Å². The van der Waals surface area contributed by atoms with Gasteiger partial charge in [-0.15, -0.1) is 5.10 Å². The lowest BCUT2D eigenvalue weighted by Gasteiger charge is -2.07. The van der Waals surface area contributed by atoms with Gasteiger partial charge in [0.1, 0.15) is 22.9 Å². The summed E-state index contributed by atoms with van der Waals surface area (Å²) in [5.41, 5.74) is 9.09. The lowest BCUT2D eigenvalue weighted by atomic mass is 10.1. The van der Waals surface area contributed by atoms with Crippen molar-refractivity contribution in [3.63, 3.8) is 0 Å². The Labute approximate surface area is 126 Å². The Morgan fingerprint density at radius 2 is 1.91 bits per heavy atom. The van der Waals surface area contributed by atoms with Crippen LogP contribution in [0.5, 0.6) is 5.75 Å². The molecule has 0 fully saturated rings. The second-order valence-electron chi connectivity index (χ2n) is 5.19. The number of nitrogen functional groups attached to an aromatic ring is 1. The van der Waals surface area contributed by atoms with Gasteiger partial charge in [0.05, 0.1) is 0 Å². The maximum Gasteiger partial charge on any atom is 0.156 e. The average molecular weight is 298 g/mol. The minimum absolute atomic E-state index is 0.0680. The van der Waals surface area contributed by atoms with Gasteiger partial charge in [-0.3, -0.25) is 0 Å². The van der Waals surface area contributed by atoms with Crippen LogP contribution in [-0.2, 0) is 0 Å². The molecule has 112 valence electrons. The number of benzene rings is 2. The largest absolute Gasteiger partial charge is 0.506 e. The zero-order valence-electron chi connectivity index (χ0n) is 12.2. The summed E-state index contributed by atoms with van der Waals surface area (Å²) < 4.78 is 14.7. The Bertz CT molecular complexity index is 857. The number of phenols is 1. The highest BCUT2D eigenvalue weighted by Gasteiger charge is 2.16. The van der Waals surface area contributed by atoms with E-state index in [4.69, 9.17) is 5.73 Å². The van der Waals surface area contributed by atoms with Crippen LogP contribution in [0.25, 0.3) is 16.9 Å². The molecule has 0 aliphatic rings. The molecule has 0 amide bonds. The molecular formula is C16H15FN4O. The van der Waals surface area contributed by atoms with Gasteiger partial charge < -0.3 is 10.8 Å². The van der Waals surface area contributed by atoms with Crippen molar-refractivity contribution in [2.75, 3.05) is 5.73 Å². The molecule has 0 aliphatic carbocycles. The van der Waals surface area contributed by atoms with E-state index in [1.807, 2.05) is 13.0 Å². The molecule has 3 aromatic rings. The van der Waals surface area contributed by atoms with E-state index in [1.165, 1.54) is 10.7 Å². The molecular weight excluding hydrogens is 283 g/mol. The number of aromatic nitrogens is 3. The van der Waals surface area contributed by atoms with Crippen LogP contribution in [0.3, 0.4) is 0 Å². The molecule has 3 rings (SSSR count). The number of phenolic OH excluding ortho intramolecular Hbond substituents is 1. The van der Waals surface area contributed by atoms with Crippen LogP contribution in [-0.4, -0.2) is 20.1 Å². The summed E-state index contributed by atoms with van der Waals surface area (Å²) >= 11 is 0. The first-order chi connectivity index (χ1) is 10.5. The highest BCUT2D eigenvalue weighted by Crippen LogP contribution is 2.30. The number of nitrogens with zero attached hydrogens (tertiary/aromatic N) is 3. The van der Waals surface area contributed by atoms with Crippen molar-refractivity contribution in [2.45, 2.75) is 13.8 Å². The quantitative estimate of drug-likeness (QED) is 0.762. The molecule has 1 aromatic heterocycles. The van der Waals surface area contributed by atoms with Crippen LogP contribution in [0.2, 0.25) is 0 Å². The Morgan fingerprint density at radius 3 is 2.59 bits per heavy atom. The lowest BCUT2D eigenvalue weighted by Crippen LogP contribution is -2.03. The molecule has 3 N–H and O–H groups in total. The Kier molecular flexibility index (Phi) is 3.29. The number of rotatable bonds is 2. The van der Waals surface area contributed by atoms with Gasteiger partial charge in [-0.1, -0.05) is 11.3 Å². The SMILES string of the molecule is Cc1ccc(-n2nnc(-c3ccc(F)c(C)c3)c2N)c(O)c1. The molecule has 2 aromatic carbocycles. The van der Waals surface area contributed by atoms with Crippen molar-refractivity contribution in [1.29, 1.82) is 0 Å². The van der Waals surface area contributed by atoms with Gasteiger partial charge in [0, 0.05) is 5.56 Å². The van der Waals surface area contributed by atoms with Gasteiger partial charge in [0.15, 0.2) is 5.82 Å². The number of nitrogens with two attached hydrogens (primary N) is 1. The number of anilines is 1. The third-order valence-corrected chi connectivity index (χ3v) is 3.50. The highest BCUT2D eigenvalue weighted by molar-refractivity contribution is 5.72. The topological polar surface area (TPSA) is 77.0 Å². The average Bonchev–Trinajstić information content (AvgIpc) is 2.84. The number of aryl methyl sites for hydroxylation is 2. The summed E-state index contributed by atoms with van der Waals surface area (Å²) in [6.07, 6.45) is 0. The molecule has 0 radical (unpaired) electrons. The monoisotopic (exact) mass is 298 g/mol. The summed E-state index contributed by atoms with van der Waals surface area (Å²) in [7, 11) is 0. The van der Waals surface area contributed by atoms with Crippen molar-refractivity contribution in [3.8, 4) is 22.7 Å². The number of halogens is 1. The van der Waals surface area contributed by atoms with Crippen molar-refractivity contribution in [3.05, 3.63) is 53.3 Å². The number of aromatic hydroxyl groups is 1. The van der Waals surface area contributed by atoms with Gasteiger partial charge >= 0.3 is 0 Å². The first-order valence-electron chi connectivity index (χ1n) is 6.75. The van der Waals surface area contributed by atoms with Gasteiger partial charge in [0.25, 0.3) is 0 Å². The third kappa shape index (κ3) is 2.28. The number of hydrogen-bond donors (Lipinski definition) is 2. The Balaban J connectivity index is 2.10. The lowest BCUT2D eigenvalue weighted by molar-refractivity contribution is 0.469. The van der Waals surface area contributed by atoms with Crippen LogP contribution >= 0.6 is 0 Å². The van der Waals surface area contributed by atoms with Crippen LogP contribution in [0.1, 0.15) is 11.1 Å². The molecule has 0 atom stereocenters. The van der Waals surface area contributed by atoms with E-state index in [-0.39, 0.29) is 17.4 Å². The molecule has 5 nitrogen and oxygen atoms in total. The van der Waals surface area contributed by atoms with Gasteiger partial charge in [-0.25, -0.2) is 4.39 Å². The van der Waals surface area contributed by atoms with E-state index in [2.05, 4.69) is 10.3 Å². The normalized spacial score (nSPS) is 10.9. The summed E-state index contributed by atoms with van der Waals surface area (Å²) in [6.45, 7) is 3.55. The summed E-state index contributed by atoms with van der Waals surface area (Å²) in [6, 6.07) is 9.81. The maximum absolute atomic E-state index is 13.4. The fourth-order valence-electron chi connectivity index (χ4n) is 2.28. The molecule has 0 bridgehead atoms. The minimum atomic E-state index is -0.286. The molecule has 1 heterocycles. The van der Waals surface area contributed by atoms with Crippen molar-refractivity contribution < 1.29 is 9.50 Å². The Hall–Kier alpha value is -2.89. The first-order valence-corrected chi connectivity index (χ1v) is 6.75. The van der Waals surface area contributed by atoms with Crippen molar-refractivity contribution in [1.82, 2.24) is 15.0 Å². The van der Waals surface area contributed by atoms with Crippen molar-refractivity contribution in [2.24, 2.45) is 0 Å². The van der Waals surface area contributed by atoms with Crippen LogP contribution in [0, 0.1) is 19.7 Å². The smallest absolute Gasteiger partial charge is 0.156 e. The van der Waals surface area contributed by atoms with E-state index in [0.29, 0.717) is 22.5 Å². The zero-order valence-corrected chi connectivity index (χ0v) is 12.2. The van der Waals surface area contributed by atoms with E-state index in [1.54, 1.807) is 31.2 Å². The molecule has 6 heteroatoms. The third-order valence-electron chi connectivity index (χ3n) is 3.50. The molecule has 0 spiro atoms. The fraction of sp³-hybridized carbons (Fsp3) is 0.125. The van der Waals surface area contributed by atoms with Gasteiger partial charge in [-0.05, 0) is 55.3 Å². The van der Waals surface area contributed by atoms with Gasteiger partial charge in [0.2, 0.25) is 0 Å². The van der Waals surface area contributed by atoms with E-state index < -0.39 is 0 Å². The molecule has 22 heavy (non-hydrogen) atoms. The summed E-state index contributed by atoms with van der Waals surface area (Å²) in [4.78, 5) is 0. The van der Waals surface area contributed by atoms with E-state index >= 15 is 0 Å². The maximum atomic E-state index is 13.4. The van der Waals surface area contributed by atoms with E-state index in [0.717, 1.165) is 5.56 Å². The predicted octanol–water partition coefficient (Wildman–Crippen LogP) is 2.98. The Morgan fingerprint density at radius 1 is 1.14 bits per heavy atom. The highest BCUT2D eigenvalue weighted by atomic mass is 19.1. The fourth-order valence-corrected chi connectivity index (χ4v) is 2.28. The summed E-state index contributed by atoms with van der Waals surface area (Å²) in [5.74, 6) is 0.0643. The van der Waals surface area contributed by atoms with Gasteiger partial charge in [-0.2, -0.15) is 4.68 Å². The molecule has 0 saturated carbocycles. The zero-order chi connectivity index (χ0) is 15.9. The first kappa shape index (κ1) is 14.1. The summed E-state index contributed by atoms with van der Waals surface area (Å²) in [5, 5.41) is 18.1. The van der Waals surface area contributed by atoms with E-state index in [9.17, 15) is 9.50 Å². The predicted molar refractivity (Wildman–Crippen MR) is 82.3 cm³/mol. The second-order valence-corrected chi connectivity index (χ2v) is 5.19. The van der Waals surface area contributed by atoms with Crippen molar-refractivity contribution >= 4 is 5.82 Å².